The summed E-state index contributed by atoms with van der Waals surface area (Å²) in [6, 6.07) is 0. The highest BCUT2D eigenvalue weighted by Gasteiger charge is 2.16. The standard InChI is InChI=1S/C6H20N4Si/c1-6-10(9(4)5)11(7-2)8-3/h7-8,11H,6H2,1-5H3. The van der Waals surface area contributed by atoms with Crippen LogP contribution in [0.2, 0.25) is 0 Å². The molecule has 2 N–H and O–H groups in total. The summed E-state index contributed by atoms with van der Waals surface area (Å²) in [5.41, 5.74) is 0. The van der Waals surface area contributed by atoms with Crippen LogP contribution < -0.4 is 9.96 Å². The van der Waals surface area contributed by atoms with Gasteiger partial charge in [-0.2, -0.15) is 0 Å². The van der Waals surface area contributed by atoms with E-state index in [0.717, 1.165) is 6.54 Å². The lowest BCUT2D eigenvalue weighted by Gasteiger charge is -2.33. The Morgan fingerprint density at radius 1 is 1.18 bits per heavy atom. The lowest BCUT2D eigenvalue weighted by Crippen LogP contribution is -2.61. The fourth-order valence-electron chi connectivity index (χ4n) is 1.14. The summed E-state index contributed by atoms with van der Waals surface area (Å²) >= 11 is 0. The third-order valence-corrected chi connectivity index (χ3v) is 4.20. The van der Waals surface area contributed by atoms with Crippen LogP contribution in [0.5, 0.6) is 0 Å². The molecule has 0 bridgehead atoms. The predicted molar refractivity (Wildman–Crippen MR) is 51.3 cm³/mol. The van der Waals surface area contributed by atoms with Crippen molar-refractivity contribution in [3.8, 4) is 0 Å². The van der Waals surface area contributed by atoms with Crippen LogP contribution in [0.15, 0.2) is 0 Å². The summed E-state index contributed by atoms with van der Waals surface area (Å²) in [5, 5.41) is 2.13. The first-order valence-electron chi connectivity index (χ1n) is 3.95. The van der Waals surface area contributed by atoms with E-state index in [1.807, 2.05) is 14.1 Å². The molecule has 4 nitrogen and oxygen atoms in total. The van der Waals surface area contributed by atoms with E-state index in [1.54, 1.807) is 0 Å². The second-order valence-corrected chi connectivity index (χ2v) is 5.14. The van der Waals surface area contributed by atoms with Gasteiger partial charge >= 0.3 is 0 Å². The summed E-state index contributed by atoms with van der Waals surface area (Å²) in [6.45, 7) is 3.21. The molecule has 0 heterocycles. The number of nitrogens with one attached hydrogen (secondary N) is 2. The van der Waals surface area contributed by atoms with Gasteiger partial charge in [-0.05, 0) is 14.1 Å². The van der Waals surface area contributed by atoms with Gasteiger partial charge in [0.05, 0.1) is 0 Å². The van der Waals surface area contributed by atoms with Crippen LogP contribution in [0, 0.1) is 0 Å². The SMILES string of the molecule is CCN(N(C)C)[SiH](NC)NC. The zero-order valence-electron chi connectivity index (χ0n) is 8.18. The molecule has 0 radical (unpaired) electrons. The van der Waals surface area contributed by atoms with Crippen molar-refractivity contribution in [2.45, 2.75) is 6.92 Å². The third kappa shape index (κ3) is 3.30. The molecule has 0 spiro atoms. The monoisotopic (exact) mass is 176 g/mol. The molecule has 0 aliphatic rings. The Morgan fingerprint density at radius 3 is 1.73 bits per heavy atom. The molecular weight excluding hydrogens is 156 g/mol. The van der Waals surface area contributed by atoms with Crippen molar-refractivity contribution in [2.24, 2.45) is 0 Å². The lowest BCUT2D eigenvalue weighted by atomic mass is 10.8. The van der Waals surface area contributed by atoms with Crippen molar-refractivity contribution in [3.63, 3.8) is 0 Å². The van der Waals surface area contributed by atoms with Gasteiger partial charge in [-0.25, -0.2) is 4.67 Å². The molecule has 0 aromatic rings. The predicted octanol–water partition coefficient (Wildman–Crippen LogP) is -1.06. The smallest absolute Gasteiger partial charge is 0.280 e. The first kappa shape index (κ1) is 11.1. The van der Waals surface area contributed by atoms with Crippen LogP contribution in [0.4, 0.5) is 0 Å². The average molecular weight is 176 g/mol. The van der Waals surface area contributed by atoms with E-state index >= 15 is 0 Å². The van der Waals surface area contributed by atoms with Crippen molar-refractivity contribution in [1.29, 1.82) is 0 Å². The zero-order chi connectivity index (χ0) is 8.85. The minimum atomic E-state index is -1.11. The van der Waals surface area contributed by atoms with Crippen molar-refractivity contribution in [1.82, 2.24) is 19.6 Å². The summed E-state index contributed by atoms with van der Waals surface area (Å²) in [7, 11) is 7.03. The van der Waals surface area contributed by atoms with Crippen LogP contribution >= 0.6 is 0 Å². The fourth-order valence-corrected chi connectivity index (χ4v) is 2.85. The first-order chi connectivity index (χ1) is 5.17. The van der Waals surface area contributed by atoms with Crippen molar-refractivity contribution >= 4 is 9.28 Å². The molecule has 11 heavy (non-hydrogen) atoms. The van der Waals surface area contributed by atoms with E-state index in [0.29, 0.717) is 0 Å². The number of hydrogen-bond acceptors (Lipinski definition) is 4. The number of rotatable bonds is 5. The highest BCUT2D eigenvalue weighted by Crippen LogP contribution is 1.90. The van der Waals surface area contributed by atoms with Gasteiger partial charge in [0.2, 0.25) is 0 Å². The van der Waals surface area contributed by atoms with E-state index in [9.17, 15) is 0 Å². The third-order valence-electron chi connectivity index (χ3n) is 1.68. The van der Waals surface area contributed by atoms with Gasteiger partial charge in [-0.3, -0.25) is 5.01 Å². The molecule has 0 rings (SSSR count). The molecule has 0 unspecified atom stereocenters. The average Bonchev–Trinajstić information content (AvgIpc) is 1.99. The fraction of sp³-hybridized carbons (Fsp3) is 1.00. The molecule has 0 aliphatic carbocycles. The number of hydrogen-bond donors (Lipinski definition) is 2. The van der Waals surface area contributed by atoms with Crippen LogP contribution in [0.1, 0.15) is 6.92 Å². The largest absolute Gasteiger partial charge is 0.318 e. The molecule has 0 aromatic heterocycles. The van der Waals surface area contributed by atoms with Crippen LogP contribution in [-0.4, -0.2) is 53.7 Å². The zero-order valence-corrected chi connectivity index (χ0v) is 9.33. The van der Waals surface area contributed by atoms with Crippen LogP contribution in [0.3, 0.4) is 0 Å². The quantitative estimate of drug-likeness (QED) is 0.413. The lowest BCUT2D eigenvalue weighted by molar-refractivity contribution is 0.121. The molecule has 0 aromatic carbocycles. The van der Waals surface area contributed by atoms with Crippen molar-refractivity contribution < 1.29 is 0 Å². The molecule has 68 valence electrons. The van der Waals surface area contributed by atoms with Crippen molar-refractivity contribution in [2.75, 3.05) is 34.7 Å². The molecule has 0 saturated carbocycles. The summed E-state index contributed by atoms with van der Waals surface area (Å²) in [4.78, 5) is 6.59. The van der Waals surface area contributed by atoms with E-state index in [-0.39, 0.29) is 0 Å². The second-order valence-electron chi connectivity index (χ2n) is 2.58. The van der Waals surface area contributed by atoms with Crippen molar-refractivity contribution in [3.05, 3.63) is 0 Å². The molecule has 0 atom stereocenters. The second kappa shape index (κ2) is 5.67. The van der Waals surface area contributed by atoms with Gasteiger partial charge in [0.1, 0.15) is 0 Å². The van der Waals surface area contributed by atoms with Gasteiger partial charge < -0.3 is 9.96 Å². The van der Waals surface area contributed by atoms with Crippen LogP contribution in [-0.2, 0) is 0 Å². The van der Waals surface area contributed by atoms with Gasteiger partial charge in [0.25, 0.3) is 9.28 Å². The van der Waals surface area contributed by atoms with E-state index < -0.39 is 9.28 Å². The first-order valence-corrected chi connectivity index (χ1v) is 5.62. The maximum atomic E-state index is 3.30. The number of nitrogens with zero attached hydrogens (tertiary/aromatic N) is 2. The maximum absolute atomic E-state index is 3.30. The molecule has 0 fully saturated rings. The maximum Gasteiger partial charge on any atom is 0.280 e. The van der Waals surface area contributed by atoms with E-state index in [1.165, 1.54) is 0 Å². The summed E-state index contributed by atoms with van der Waals surface area (Å²) in [5.74, 6) is 0. The molecule has 5 heteroatoms. The Hall–Kier alpha value is 0.0569. The van der Waals surface area contributed by atoms with Gasteiger partial charge in [0.15, 0.2) is 0 Å². The Balaban J connectivity index is 3.98. The van der Waals surface area contributed by atoms with Crippen LogP contribution in [0.25, 0.3) is 0 Å². The Bertz CT molecular complexity index is 94.6. The minimum Gasteiger partial charge on any atom is -0.318 e. The Morgan fingerprint density at radius 2 is 1.64 bits per heavy atom. The minimum absolute atomic E-state index is 1.05. The molecule has 0 aliphatic heterocycles. The molecule has 0 amide bonds. The summed E-state index contributed by atoms with van der Waals surface area (Å²) < 4.78 is 2.32. The summed E-state index contributed by atoms with van der Waals surface area (Å²) in [6.07, 6.45) is 0. The highest BCUT2D eigenvalue weighted by molar-refractivity contribution is 6.49. The van der Waals surface area contributed by atoms with E-state index in [2.05, 4.69) is 40.7 Å². The van der Waals surface area contributed by atoms with Gasteiger partial charge in [-0.15, -0.1) is 0 Å². The Kier molecular flexibility index (Phi) is 5.70. The molecular formula is C6H20N4Si. The van der Waals surface area contributed by atoms with E-state index in [4.69, 9.17) is 0 Å². The number of hydrazine groups is 1. The normalized spacial score (nSPS) is 12.0. The highest BCUT2D eigenvalue weighted by atomic mass is 28.3. The molecule has 0 saturated heterocycles. The van der Waals surface area contributed by atoms with Gasteiger partial charge in [0, 0.05) is 20.6 Å². The van der Waals surface area contributed by atoms with Gasteiger partial charge in [-0.1, -0.05) is 6.92 Å². The Labute approximate surface area is 71.4 Å². The topological polar surface area (TPSA) is 30.5 Å².